The summed E-state index contributed by atoms with van der Waals surface area (Å²) < 4.78 is 11.2. The van der Waals surface area contributed by atoms with E-state index in [0.717, 1.165) is 22.6 Å². The van der Waals surface area contributed by atoms with Crippen molar-refractivity contribution in [3.05, 3.63) is 94.5 Å². The summed E-state index contributed by atoms with van der Waals surface area (Å²) in [6, 6.07) is 22.0. The smallest absolute Gasteiger partial charge is 0.271 e. The van der Waals surface area contributed by atoms with E-state index >= 15 is 0 Å². The number of rotatable bonds is 8. The zero-order valence-electron chi connectivity index (χ0n) is 16.9. The maximum Gasteiger partial charge on any atom is 0.271 e. The zero-order valence-corrected chi connectivity index (χ0v) is 17.6. The van der Waals surface area contributed by atoms with Crippen molar-refractivity contribution in [1.29, 1.82) is 0 Å². The average Bonchev–Trinajstić information content (AvgIpc) is 2.77. The fourth-order valence-electron chi connectivity index (χ4n) is 2.73. The Labute approximate surface area is 181 Å². The lowest BCUT2D eigenvalue weighted by molar-refractivity contribution is 0.0955. The predicted octanol–water partition coefficient (Wildman–Crippen LogP) is 5.47. The summed E-state index contributed by atoms with van der Waals surface area (Å²) in [4.78, 5) is 12.3. The fraction of sp³-hybridized carbons (Fsp3) is 0.167. The summed E-state index contributed by atoms with van der Waals surface area (Å²) in [5, 5.41) is 4.74. The van der Waals surface area contributed by atoms with E-state index in [9.17, 15) is 4.79 Å². The van der Waals surface area contributed by atoms with Gasteiger partial charge in [0.05, 0.1) is 12.3 Å². The molecule has 0 radical (unpaired) electrons. The molecular formula is C24H23ClN2O3. The van der Waals surface area contributed by atoms with Gasteiger partial charge in [0.15, 0.2) is 0 Å². The molecule has 0 aliphatic heterocycles. The van der Waals surface area contributed by atoms with Crippen LogP contribution in [-0.4, -0.2) is 18.2 Å². The standard InChI is InChI=1S/C24H23ClN2O3/c1-3-29-20-12-14-21(15-13-20)30-16-18-8-10-19(11-9-18)24(28)27-26-17(2)22-6-4-5-7-23(22)25/h4-15H,3,16H2,1-2H3,(H,27,28)/b26-17-. The molecule has 0 saturated heterocycles. The lowest BCUT2D eigenvalue weighted by Crippen LogP contribution is -2.19. The largest absolute Gasteiger partial charge is 0.494 e. The Bertz CT molecular complexity index is 1020. The van der Waals surface area contributed by atoms with Gasteiger partial charge in [0.2, 0.25) is 0 Å². The van der Waals surface area contributed by atoms with Crippen LogP contribution in [0.1, 0.15) is 35.3 Å². The van der Waals surface area contributed by atoms with Crippen LogP contribution in [0.25, 0.3) is 0 Å². The van der Waals surface area contributed by atoms with Gasteiger partial charge in [-0.2, -0.15) is 5.10 Å². The van der Waals surface area contributed by atoms with Crippen LogP contribution in [-0.2, 0) is 6.61 Å². The third-order valence-electron chi connectivity index (χ3n) is 4.35. The molecule has 0 fully saturated rings. The van der Waals surface area contributed by atoms with E-state index in [1.54, 1.807) is 25.1 Å². The van der Waals surface area contributed by atoms with Crippen LogP contribution in [0.15, 0.2) is 77.9 Å². The number of ether oxygens (including phenoxy) is 2. The topological polar surface area (TPSA) is 59.9 Å². The molecule has 1 amide bonds. The van der Waals surface area contributed by atoms with Crippen molar-refractivity contribution < 1.29 is 14.3 Å². The second kappa shape index (κ2) is 10.5. The lowest BCUT2D eigenvalue weighted by atomic mass is 10.1. The van der Waals surface area contributed by atoms with Crippen molar-refractivity contribution >= 4 is 23.2 Å². The van der Waals surface area contributed by atoms with Gasteiger partial charge in [0, 0.05) is 16.1 Å². The van der Waals surface area contributed by atoms with Crippen LogP contribution in [0, 0.1) is 0 Å². The molecule has 0 saturated carbocycles. The molecule has 30 heavy (non-hydrogen) atoms. The number of benzene rings is 3. The predicted molar refractivity (Wildman–Crippen MR) is 120 cm³/mol. The highest BCUT2D eigenvalue weighted by atomic mass is 35.5. The van der Waals surface area contributed by atoms with Crippen molar-refractivity contribution in [2.45, 2.75) is 20.5 Å². The third-order valence-corrected chi connectivity index (χ3v) is 4.67. The number of hydrogen-bond acceptors (Lipinski definition) is 4. The number of hydrazone groups is 1. The highest BCUT2D eigenvalue weighted by molar-refractivity contribution is 6.34. The summed E-state index contributed by atoms with van der Waals surface area (Å²) in [5.74, 6) is 1.28. The molecule has 6 heteroatoms. The molecule has 3 aromatic carbocycles. The van der Waals surface area contributed by atoms with Crippen molar-refractivity contribution in [2.24, 2.45) is 5.10 Å². The number of carbonyl (C=O) groups excluding carboxylic acids is 1. The Morgan fingerprint density at radius 3 is 2.20 bits per heavy atom. The summed E-state index contributed by atoms with van der Waals surface area (Å²) in [7, 11) is 0. The molecule has 3 aromatic rings. The van der Waals surface area contributed by atoms with Gasteiger partial charge >= 0.3 is 0 Å². The van der Waals surface area contributed by atoms with Gasteiger partial charge in [-0.05, 0) is 61.9 Å². The Morgan fingerprint density at radius 1 is 0.933 bits per heavy atom. The molecule has 154 valence electrons. The Hall–Kier alpha value is -3.31. The third kappa shape index (κ3) is 5.84. The van der Waals surface area contributed by atoms with Gasteiger partial charge in [0.25, 0.3) is 5.91 Å². The maximum atomic E-state index is 12.3. The van der Waals surface area contributed by atoms with Crippen molar-refractivity contribution in [2.75, 3.05) is 6.61 Å². The van der Waals surface area contributed by atoms with Crippen LogP contribution in [0.4, 0.5) is 0 Å². The molecule has 0 atom stereocenters. The quantitative estimate of drug-likeness (QED) is 0.386. The molecule has 0 spiro atoms. The molecule has 3 rings (SSSR count). The Kier molecular flexibility index (Phi) is 7.46. The van der Waals surface area contributed by atoms with Gasteiger partial charge in [-0.15, -0.1) is 0 Å². The minimum absolute atomic E-state index is 0.291. The first-order valence-electron chi connectivity index (χ1n) is 9.61. The molecule has 0 aliphatic carbocycles. The summed E-state index contributed by atoms with van der Waals surface area (Å²) in [6.45, 7) is 4.77. The van der Waals surface area contributed by atoms with Crippen LogP contribution in [0.2, 0.25) is 5.02 Å². The van der Waals surface area contributed by atoms with Crippen LogP contribution >= 0.6 is 11.6 Å². The summed E-state index contributed by atoms with van der Waals surface area (Å²) in [6.07, 6.45) is 0. The van der Waals surface area contributed by atoms with Crippen molar-refractivity contribution in [3.8, 4) is 11.5 Å². The second-order valence-corrected chi connectivity index (χ2v) is 6.92. The normalized spacial score (nSPS) is 11.1. The first kappa shape index (κ1) is 21.4. The van der Waals surface area contributed by atoms with E-state index in [1.165, 1.54) is 0 Å². The van der Waals surface area contributed by atoms with Crippen LogP contribution < -0.4 is 14.9 Å². The van der Waals surface area contributed by atoms with Gasteiger partial charge < -0.3 is 9.47 Å². The van der Waals surface area contributed by atoms with Crippen LogP contribution in [0.3, 0.4) is 0 Å². The molecule has 0 bridgehead atoms. The number of halogens is 1. The van der Waals surface area contributed by atoms with Crippen molar-refractivity contribution in [3.63, 3.8) is 0 Å². The number of hydrogen-bond donors (Lipinski definition) is 1. The maximum absolute atomic E-state index is 12.3. The summed E-state index contributed by atoms with van der Waals surface area (Å²) >= 11 is 6.15. The van der Waals surface area contributed by atoms with E-state index in [1.807, 2.05) is 61.5 Å². The first-order chi connectivity index (χ1) is 14.6. The molecule has 0 aliphatic rings. The second-order valence-electron chi connectivity index (χ2n) is 6.51. The zero-order chi connectivity index (χ0) is 21.3. The molecule has 0 heterocycles. The van der Waals surface area contributed by atoms with E-state index in [-0.39, 0.29) is 5.91 Å². The Balaban J connectivity index is 1.55. The summed E-state index contributed by atoms with van der Waals surface area (Å²) in [5.41, 5.74) is 5.44. The van der Waals surface area contributed by atoms with Gasteiger partial charge in [-0.3, -0.25) is 4.79 Å². The highest BCUT2D eigenvalue weighted by Crippen LogP contribution is 2.19. The van der Waals surface area contributed by atoms with Gasteiger partial charge in [0.1, 0.15) is 18.1 Å². The minimum atomic E-state index is -0.291. The van der Waals surface area contributed by atoms with E-state index < -0.39 is 0 Å². The molecular weight excluding hydrogens is 400 g/mol. The number of amides is 1. The SMILES string of the molecule is CCOc1ccc(OCc2ccc(C(=O)N/N=C(/C)c3ccccc3Cl)cc2)cc1. The fourth-order valence-corrected chi connectivity index (χ4v) is 3.00. The number of carbonyl (C=O) groups is 1. The lowest BCUT2D eigenvalue weighted by Gasteiger charge is -2.08. The Morgan fingerprint density at radius 2 is 1.57 bits per heavy atom. The van der Waals surface area contributed by atoms with E-state index in [2.05, 4.69) is 10.5 Å². The van der Waals surface area contributed by atoms with E-state index in [0.29, 0.717) is 29.5 Å². The molecule has 1 N–H and O–H groups in total. The average molecular weight is 423 g/mol. The van der Waals surface area contributed by atoms with Gasteiger partial charge in [-0.25, -0.2) is 5.43 Å². The monoisotopic (exact) mass is 422 g/mol. The highest BCUT2D eigenvalue weighted by Gasteiger charge is 2.07. The van der Waals surface area contributed by atoms with Crippen LogP contribution in [0.5, 0.6) is 11.5 Å². The minimum Gasteiger partial charge on any atom is -0.494 e. The van der Waals surface area contributed by atoms with Crippen molar-refractivity contribution in [1.82, 2.24) is 5.43 Å². The number of nitrogens with zero attached hydrogens (tertiary/aromatic N) is 1. The molecule has 5 nitrogen and oxygen atoms in total. The number of nitrogens with one attached hydrogen (secondary N) is 1. The first-order valence-corrected chi connectivity index (χ1v) is 9.98. The molecule has 0 unspecified atom stereocenters. The van der Waals surface area contributed by atoms with E-state index in [4.69, 9.17) is 21.1 Å². The van der Waals surface area contributed by atoms with Gasteiger partial charge in [-0.1, -0.05) is 41.9 Å². The molecule has 0 aromatic heterocycles.